The van der Waals surface area contributed by atoms with Crippen molar-refractivity contribution in [2.45, 2.75) is 64.9 Å². The van der Waals surface area contributed by atoms with Gasteiger partial charge in [-0.25, -0.2) is 4.79 Å². The summed E-state index contributed by atoms with van der Waals surface area (Å²) in [7, 11) is 1.86. The Kier molecular flexibility index (Phi) is 10.7. The topological polar surface area (TPSA) is 85.0 Å². The maximum absolute atomic E-state index is 12.0. The summed E-state index contributed by atoms with van der Waals surface area (Å²) in [6, 6.07) is 11.5. The highest BCUT2D eigenvalue weighted by Crippen LogP contribution is 2.50. The van der Waals surface area contributed by atoms with Crippen LogP contribution in [0.5, 0.6) is 5.75 Å². The number of ether oxygens (including phenoxy) is 2. The third kappa shape index (κ3) is 6.90. The quantitative estimate of drug-likeness (QED) is 0.173. The van der Waals surface area contributed by atoms with Crippen molar-refractivity contribution in [1.29, 1.82) is 0 Å². The summed E-state index contributed by atoms with van der Waals surface area (Å²) < 4.78 is 12.6. The Bertz CT molecular complexity index is 1320. The number of benzene rings is 2. The minimum Gasteiger partial charge on any atom is -0.491 e. The van der Waals surface area contributed by atoms with Gasteiger partial charge < -0.3 is 19.5 Å². The fourth-order valence-corrected chi connectivity index (χ4v) is 8.71. The first kappa shape index (κ1) is 32.2. The molecule has 0 amide bonds. The summed E-state index contributed by atoms with van der Waals surface area (Å²) in [5.41, 5.74) is 5.12. The summed E-state index contributed by atoms with van der Waals surface area (Å²) in [6.07, 6.45) is 7.93. The molecule has 234 valence electrons. The summed E-state index contributed by atoms with van der Waals surface area (Å²) in [5.74, 6) is 3.57. The van der Waals surface area contributed by atoms with Gasteiger partial charge in [-0.2, -0.15) is 0 Å². The van der Waals surface area contributed by atoms with Crippen LogP contribution >= 0.6 is 23.5 Å². The first-order chi connectivity index (χ1) is 20.8. The van der Waals surface area contributed by atoms with Crippen molar-refractivity contribution < 1.29 is 19.4 Å². The van der Waals surface area contributed by atoms with Gasteiger partial charge in [0, 0.05) is 36.9 Å². The van der Waals surface area contributed by atoms with Crippen molar-refractivity contribution >= 4 is 35.2 Å². The van der Waals surface area contributed by atoms with E-state index in [-0.39, 0.29) is 17.6 Å². The van der Waals surface area contributed by atoms with Gasteiger partial charge in [-0.1, -0.05) is 69.3 Å². The van der Waals surface area contributed by atoms with Gasteiger partial charge in [0.2, 0.25) is 0 Å². The van der Waals surface area contributed by atoms with Crippen LogP contribution in [-0.2, 0) is 11.2 Å². The second-order valence-corrected chi connectivity index (χ2v) is 13.9. The number of aryl methyl sites for hydroxylation is 1. The van der Waals surface area contributed by atoms with Crippen LogP contribution in [0.1, 0.15) is 73.9 Å². The van der Waals surface area contributed by atoms with Crippen LogP contribution in [0.3, 0.4) is 0 Å². The Morgan fingerprint density at radius 1 is 1.26 bits per heavy atom. The Labute approximate surface area is 266 Å². The number of halogens is 1. The lowest BCUT2D eigenvalue weighted by atomic mass is 9.59. The third-order valence-electron chi connectivity index (χ3n) is 10.1. The minimum atomic E-state index is -0.925. The molecule has 0 saturated heterocycles. The first-order valence-electron chi connectivity index (χ1n) is 15.9. The minimum absolute atomic E-state index is 0.115. The normalized spacial score (nSPS) is 26.2. The van der Waals surface area contributed by atoms with Gasteiger partial charge in [0.25, 0.3) is 0 Å². The van der Waals surface area contributed by atoms with Crippen molar-refractivity contribution in [1.82, 2.24) is 0 Å². The van der Waals surface area contributed by atoms with E-state index in [1.807, 2.05) is 19.2 Å². The number of allylic oxidation sites excluding steroid dienone is 1. The molecule has 3 aliphatic rings. The third-order valence-corrected chi connectivity index (χ3v) is 11.0. The highest BCUT2D eigenvalue weighted by atomic mass is 35.5. The molecule has 5 rings (SSSR count). The number of carboxylic acid groups (broad SMARTS) is 1. The van der Waals surface area contributed by atoms with E-state index >= 15 is 0 Å². The van der Waals surface area contributed by atoms with Crippen molar-refractivity contribution in [3.05, 3.63) is 69.8 Å². The molecule has 2 aromatic rings. The van der Waals surface area contributed by atoms with Gasteiger partial charge in [-0.15, -0.1) is 0 Å². The van der Waals surface area contributed by atoms with Crippen LogP contribution in [0.4, 0.5) is 5.69 Å². The zero-order chi connectivity index (χ0) is 30.7. The lowest BCUT2D eigenvalue weighted by Gasteiger charge is -2.51. The van der Waals surface area contributed by atoms with E-state index in [2.05, 4.69) is 43.9 Å². The fraction of sp³-hybridized carbons (Fsp3) is 0.571. The number of carbonyl (C=O) groups is 1. The molecular formula is C35H47ClN2O4S. The number of nitrogens with two attached hydrogens (primary N) is 1. The second kappa shape index (κ2) is 14.3. The molecule has 2 aromatic carbocycles. The molecule has 7 unspecified atom stereocenters. The van der Waals surface area contributed by atoms with Gasteiger partial charge in [0.1, 0.15) is 5.75 Å². The molecule has 1 saturated carbocycles. The maximum atomic E-state index is 12.0. The number of fused-ring (bicyclic) bond motifs is 1. The molecule has 2 aliphatic carbocycles. The van der Waals surface area contributed by atoms with Crippen LogP contribution in [0.25, 0.3) is 0 Å². The summed E-state index contributed by atoms with van der Waals surface area (Å²) in [6.45, 7) is 8.91. The number of aromatic carboxylic acids is 1. The Morgan fingerprint density at radius 2 is 2.05 bits per heavy atom. The van der Waals surface area contributed by atoms with Gasteiger partial charge in [0.15, 0.2) is 0 Å². The Hall–Kier alpha value is -2.19. The molecular weight excluding hydrogens is 580 g/mol. The molecule has 0 aromatic heterocycles. The summed E-state index contributed by atoms with van der Waals surface area (Å²) in [5, 5.41) is 16.4. The molecule has 1 aliphatic heterocycles. The van der Waals surface area contributed by atoms with Gasteiger partial charge >= 0.3 is 5.97 Å². The predicted molar refractivity (Wildman–Crippen MR) is 177 cm³/mol. The molecule has 7 atom stereocenters. The van der Waals surface area contributed by atoms with Crippen LogP contribution < -0.4 is 14.8 Å². The van der Waals surface area contributed by atoms with E-state index in [0.717, 1.165) is 67.4 Å². The number of methoxy groups -OCH3 is 1. The molecule has 1 heterocycles. The standard InChI is InChI=1S/C35H47ClN2O4S/c1-5-7-23-15-29(36)9-10-30(23)28-18-38(31-16-24(35(39)40)8-11-32(31)42-19-28)17-27-12-21(3)33(27)34(41-4)26-13-25(14-26)22(6-2)20-43-37/h8-11,13,15-16,21-22,25,27-28,33-34H,5-7,12,14,17-20,37H2,1-4H3,(H,39,40). The number of rotatable bonds is 13. The summed E-state index contributed by atoms with van der Waals surface area (Å²) >= 11 is 7.86. The van der Waals surface area contributed by atoms with Crippen molar-refractivity contribution in [3.8, 4) is 5.75 Å². The second-order valence-electron chi connectivity index (χ2n) is 12.8. The van der Waals surface area contributed by atoms with E-state index in [4.69, 9.17) is 26.2 Å². The van der Waals surface area contributed by atoms with E-state index in [1.165, 1.54) is 28.6 Å². The number of hydrogen-bond donors (Lipinski definition) is 2. The lowest BCUT2D eigenvalue weighted by molar-refractivity contribution is -0.0396. The largest absolute Gasteiger partial charge is 0.491 e. The van der Waals surface area contributed by atoms with Crippen LogP contribution in [0.15, 0.2) is 48.0 Å². The zero-order valence-corrected chi connectivity index (χ0v) is 27.5. The number of hydrogen-bond acceptors (Lipinski definition) is 6. The highest BCUT2D eigenvalue weighted by Gasteiger charge is 2.47. The predicted octanol–water partition coefficient (Wildman–Crippen LogP) is 7.84. The number of anilines is 1. The SMILES string of the molecule is CCCc1cc(Cl)ccc1C1COc2ccc(C(=O)O)cc2N(CC2CC(C)C2C(OC)C2=CC(C(CC)CSN)C2)C1. The summed E-state index contributed by atoms with van der Waals surface area (Å²) in [4.78, 5) is 14.4. The van der Waals surface area contributed by atoms with E-state index in [1.54, 1.807) is 12.1 Å². The monoisotopic (exact) mass is 626 g/mol. The Morgan fingerprint density at radius 3 is 2.70 bits per heavy atom. The van der Waals surface area contributed by atoms with Gasteiger partial charge in [-0.3, -0.25) is 5.14 Å². The van der Waals surface area contributed by atoms with E-state index < -0.39 is 5.97 Å². The molecule has 1 fully saturated rings. The average Bonchev–Trinajstić information content (AvgIpc) is 3.14. The van der Waals surface area contributed by atoms with E-state index in [9.17, 15) is 9.90 Å². The van der Waals surface area contributed by atoms with Crippen molar-refractivity contribution in [2.75, 3.05) is 37.5 Å². The molecule has 3 N–H and O–H groups in total. The van der Waals surface area contributed by atoms with Gasteiger partial charge in [0.05, 0.1) is 24.0 Å². The highest BCUT2D eigenvalue weighted by molar-refractivity contribution is 7.97. The maximum Gasteiger partial charge on any atom is 0.335 e. The van der Waals surface area contributed by atoms with Crippen molar-refractivity contribution in [3.63, 3.8) is 0 Å². The number of carboxylic acids is 1. The van der Waals surface area contributed by atoms with E-state index in [0.29, 0.717) is 36.2 Å². The lowest BCUT2D eigenvalue weighted by Crippen LogP contribution is -2.51. The molecule has 0 spiro atoms. The average molecular weight is 627 g/mol. The first-order valence-corrected chi connectivity index (χ1v) is 17.3. The van der Waals surface area contributed by atoms with Crippen LogP contribution in [0.2, 0.25) is 5.02 Å². The van der Waals surface area contributed by atoms with Gasteiger partial charge in [-0.05, 0) is 95.9 Å². The fourth-order valence-electron chi connectivity index (χ4n) is 7.78. The molecule has 6 nitrogen and oxygen atoms in total. The van der Waals surface area contributed by atoms with Crippen LogP contribution in [-0.4, -0.2) is 49.7 Å². The zero-order valence-electron chi connectivity index (χ0n) is 25.9. The number of nitrogens with zero attached hydrogens (tertiary/aromatic N) is 1. The molecule has 8 heteroatoms. The smallest absolute Gasteiger partial charge is 0.335 e. The molecule has 0 bridgehead atoms. The van der Waals surface area contributed by atoms with Crippen molar-refractivity contribution in [2.24, 2.45) is 34.7 Å². The molecule has 0 radical (unpaired) electrons. The molecule has 43 heavy (non-hydrogen) atoms. The van der Waals surface area contributed by atoms with Crippen LogP contribution in [0, 0.1) is 29.6 Å². The Balaban J connectivity index is 1.42.